The van der Waals surface area contributed by atoms with Gasteiger partial charge in [0.15, 0.2) is 46.3 Å². The smallest absolute Gasteiger partial charge is 0.250 e. The molecule has 690 valence electrons. The van der Waals surface area contributed by atoms with Crippen molar-refractivity contribution in [3.63, 3.8) is 0 Å². The summed E-state index contributed by atoms with van der Waals surface area (Å²) in [4.78, 5) is 60.4. The maximum Gasteiger partial charge on any atom is 0.250 e. The average Bonchev–Trinajstić information content (AvgIpc) is 1.74. The zero-order valence-electron chi connectivity index (χ0n) is 73.2. The molecule has 28 nitrogen and oxygen atoms in total. The van der Waals surface area contributed by atoms with Crippen LogP contribution in [-0.2, 0) is 36.5 Å². The number of aliphatic hydroxyl groups excluding tert-OH is 2. The lowest BCUT2D eigenvalue weighted by atomic mass is 10.0. The molecule has 14 rings (SSSR count). The molecule has 5 atom stereocenters. The van der Waals surface area contributed by atoms with Gasteiger partial charge in [-0.05, 0) is 175 Å². The first-order valence-electron chi connectivity index (χ1n) is 40.7. The number of pyridine rings is 4. The lowest BCUT2D eigenvalue weighted by molar-refractivity contribution is -0.139. The first kappa shape index (κ1) is 99.7. The zero-order chi connectivity index (χ0) is 95.2. The fraction of sp³-hybridized carbons (Fsp3) is 0.344. The Hall–Kier alpha value is -10.9. The average molecular weight is 1950 g/mol. The molecule has 0 aliphatic carbocycles. The second kappa shape index (κ2) is 41.3. The van der Waals surface area contributed by atoms with Crippen molar-refractivity contribution in [3.05, 3.63) is 233 Å². The summed E-state index contributed by atoms with van der Waals surface area (Å²) in [6.45, 7) is 23.7. The fourth-order valence-electron chi connectivity index (χ4n) is 14.2. The van der Waals surface area contributed by atoms with E-state index in [2.05, 4.69) is 40.3 Å². The van der Waals surface area contributed by atoms with E-state index in [0.29, 0.717) is 80.5 Å². The summed E-state index contributed by atoms with van der Waals surface area (Å²) in [5.41, 5.74) is 27.8. The number of aliphatic hydroxyl groups is 2. The SMILES string of the molecule is CC(Oc1cc(-c2cnn(C(C)(C)C(=O)N(C)C)c2)cnc1N)c1c(Cl)ccc(F)c1Cl.CC(Oc1cc(-c2cnn(C(C)(C)C(=O)N3CCCC3)c2)cnc1N)c1c(Cl)ccc(F)c1Cl.CC(Oc1cc(-c2cnn(C(C)(C)C(=O)N3CC[C@H](O)C3)c2)cnc1N)c1c(Cl)ccc(F)c1Cl.CC(Oc1cc(-c2cnn(C(C)(C)CO)c2)cnc1N)c1c(Cl)ccc(F)c1Cl. The van der Waals surface area contributed by atoms with Gasteiger partial charge in [0, 0.05) is 177 Å². The van der Waals surface area contributed by atoms with E-state index >= 15 is 0 Å². The molecule has 0 radical (unpaired) electrons. The molecule has 0 saturated carbocycles. The summed E-state index contributed by atoms with van der Waals surface area (Å²) in [6.07, 6.45) is 19.4. The largest absolute Gasteiger partial charge is 0.482 e. The molecule has 10 heterocycles. The van der Waals surface area contributed by atoms with Gasteiger partial charge in [-0.3, -0.25) is 33.1 Å². The van der Waals surface area contributed by atoms with Gasteiger partial charge in [-0.25, -0.2) is 37.5 Å². The number of amides is 3. The molecule has 2 aliphatic heterocycles. The van der Waals surface area contributed by atoms with Crippen LogP contribution >= 0.6 is 92.8 Å². The van der Waals surface area contributed by atoms with Gasteiger partial charge in [0.2, 0.25) is 17.7 Å². The van der Waals surface area contributed by atoms with E-state index in [1.165, 1.54) is 53.4 Å². The second-order valence-corrected chi connectivity index (χ2v) is 36.4. The zero-order valence-corrected chi connectivity index (χ0v) is 79.3. The fourth-order valence-corrected chi connectivity index (χ4v) is 16.9. The standard InChI is InChI=1S/C24H26Cl2FN5O3.C24H26Cl2FN5O2.C22H24Cl2FN5O2.C20H21Cl2FN4O2/c1-13(20-17(25)4-5-18(27)21(20)26)35-19-8-14(9-29-22(19)28)15-10-30-32(11-15)24(2,3)23(34)31-7-6-16(33)12-31;1-14(20-17(25)6-7-18(27)21(20)26)34-19-10-15(11-29-22(19)28)16-12-30-32(13-16)24(2,3)23(33)31-8-4-5-9-31;1-12(18-15(23)6-7-16(25)19(18)24)32-17-8-13(9-27-20(17)26)14-10-28-30(11-14)22(2,3)21(31)29(4)5;1-11(17-14(21)4-5-15(23)18(17)22)29-16-6-12(7-25-19(16)24)13-8-26-27(9-13)20(2,3)10-28/h4-5,8-11,13,16,33H,6-7,12H2,1-3H3,(H2,28,29);6-7,10-14H,4-5,8-9H2,1-3H3,(H2,28,29);6-12H,1-5H3,(H2,26,27);4-9,11,28H,10H2,1-3H3,(H2,24,25)/t13?,16-;;;/m0.../s1. The Kier molecular flexibility index (Phi) is 31.6. The maximum absolute atomic E-state index is 14.0. The predicted octanol–water partition coefficient (Wildman–Crippen LogP) is 19.7. The van der Waals surface area contributed by atoms with Crippen LogP contribution < -0.4 is 41.9 Å². The third-order valence-corrected chi connectivity index (χ3v) is 24.8. The van der Waals surface area contributed by atoms with Crippen LogP contribution in [0.2, 0.25) is 40.2 Å². The van der Waals surface area contributed by atoms with E-state index in [0.717, 1.165) is 48.2 Å². The number of carbonyl (C=O) groups is 3. The lowest BCUT2D eigenvalue weighted by Gasteiger charge is -2.29. The number of hydrogen-bond donors (Lipinski definition) is 6. The monoisotopic (exact) mass is 1940 g/mol. The molecule has 130 heavy (non-hydrogen) atoms. The molecule has 8 aromatic heterocycles. The number of nitrogens with two attached hydrogens (primary N) is 4. The van der Waals surface area contributed by atoms with E-state index in [4.69, 9.17) is 135 Å². The normalized spacial score (nSPS) is 14.4. The number of benzene rings is 4. The number of likely N-dealkylation sites (N-methyl/N-ethyl adjacent to an activating group) is 1. The van der Waals surface area contributed by atoms with E-state index in [9.17, 15) is 42.2 Å². The molecule has 4 unspecified atom stereocenters. The molecule has 10 N–H and O–H groups in total. The first-order valence-corrected chi connectivity index (χ1v) is 43.7. The second-order valence-electron chi connectivity index (χ2n) is 33.2. The molecule has 2 aliphatic rings. The number of anilines is 4. The van der Waals surface area contributed by atoms with Crippen LogP contribution in [-0.4, -0.2) is 155 Å². The number of nitrogens with zero attached hydrogens (tertiary/aromatic N) is 15. The van der Waals surface area contributed by atoms with E-state index in [1.807, 2.05) is 32.6 Å². The van der Waals surface area contributed by atoms with Crippen molar-refractivity contribution in [3.8, 4) is 67.5 Å². The van der Waals surface area contributed by atoms with Crippen molar-refractivity contribution in [2.75, 3.05) is 69.8 Å². The third kappa shape index (κ3) is 22.3. The van der Waals surface area contributed by atoms with Gasteiger partial charge in [-0.2, -0.15) is 20.4 Å². The van der Waals surface area contributed by atoms with Crippen LogP contribution in [0.3, 0.4) is 0 Å². The van der Waals surface area contributed by atoms with E-state index in [-0.39, 0.29) is 94.3 Å². The minimum Gasteiger partial charge on any atom is -0.482 e. The molecule has 0 spiro atoms. The Morgan fingerprint density at radius 3 is 0.962 bits per heavy atom. The highest BCUT2D eigenvalue weighted by Gasteiger charge is 2.40. The predicted molar refractivity (Wildman–Crippen MR) is 497 cm³/mol. The summed E-state index contributed by atoms with van der Waals surface area (Å²) in [5.74, 6) is -0.775. The summed E-state index contributed by atoms with van der Waals surface area (Å²) in [6, 6.07) is 17.3. The minimum absolute atomic E-state index is 0.0387. The van der Waals surface area contributed by atoms with Crippen molar-refractivity contribution in [2.24, 2.45) is 0 Å². The van der Waals surface area contributed by atoms with Crippen molar-refractivity contribution in [1.29, 1.82) is 0 Å². The van der Waals surface area contributed by atoms with E-state index in [1.54, 1.807) is 192 Å². The number of rotatable bonds is 24. The highest BCUT2D eigenvalue weighted by Crippen LogP contribution is 2.44. The summed E-state index contributed by atoms with van der Waals surface area (Å²) >= 11 is 49.2. The Morgan fingerprint density at radius 1 is 0.423 bits per heavy atom. The molecule has 2 saturated heterocycles. The first-order chi connectivity index (χ1) is 61.1. The molecule has 3 amide bonds. The Balaban J connectivity index is 0.000000168. The van der Waals surface area contributed by atoms with Gasteiger partial charge in [-0.15, -0.1) is 0 Å². The number of halogens is 12. The summed E-state index contributed by atoms with van der Waals surface area (Å²) in [7, 11) is 3.39. The molecule has 4 aromatic carbocycles. The topological polar surface area (TPSA) is 365 Å². The van der Waals surface area contributed by atoms with Crippen molar-refractivity contribution >= 4 is 134 Å². The number of β-amino-alcohol motifs (C(OH)–C–C–N with tert-alkyl or cyclic N) is 1. The third-order valence-electron chi connectivity index (χ3n) is 21.9. The van der Waals surface area contributed by atoms with Gasteiger partial charge in [0.05, 0.1) is 63.1 Å². The molecule has 0 bridgehead atoms. The molecule has 2 fully saturated rings. The number of hydrogen-bond acceptors (Lipinski definition) is 21. The van der Waals surface area contributed by atoms with Crippen LogP contribution in [0.4, 0.5) is 40.8 Å². The minimum atomic E-state index is -0.956. The quantitative estimate of drug-likeness (QED) is 0.0242. The molecule has 12 aromatic rings. The highest BCUT2D eigenvalue weighted by atomic mass is 35.5. The molecular formula is C90H97Cl8F4N19O9. The van der Waals surface area contributed by atoms with Crippen molar-refractivity contribution in [2.45, 2.75) is 155 Å². The number of aromatic nitrogens is 12. The van der Waals surface area contributed by atoms with Gasteiger partial charge >= 0.3 is 0 Å². The van der Waals surface area contributed by atoms with Crippen LogP contribution in [0, 0.1) is 23.3 Å². The van der Waals surface area contributed by atoms with Crippen LogP contribution in [0.15, 0.2) is 147 Å². The lowest BCUT2D eigenvalue weighted by Crippen LogP contribution is -2.46. The number of nitrogen functional groups attached to an aromatic ring is 4. The Labute approximate surface area is 788 Å². The summed E-state index contributed by atoms with van der Waals surface area (Å²) < 4.78 is 86.0. The van der Waals surface area contributed by atoms with E-state index < -0.39 is 75.9 Å². The maximum atomic E-state index is 14.0. The molecule has 40 heteroatoms. The number of carbonyl (C=O) groups excluding carboxylic acids is 3. The van der Waals surface area contributed by atoms with Crippen molar-refractivity contribution < 1.29 is 61.1 Å². The highest BCUT2D eigenvalue weighted by molar-refractivity contribution is 6.38. The van der Waals surface area contributed by atoms with Gasteiger partial charge in [0.25, 0.3) is 0 Å². The number of ether oxygens (including phenoxy) is 4. The number of likely N-dealkylation sites (tertiary alicyclic amines) is 2. The Bertz CT molecular complexity index is 6150. The Morgan fingerprint density at radius 2 is 0.692 bits per heavy atom. The van der Waals surface area contributed by atoms with Crippen LogP contribution in [0.25, 0.3) is 44.5 Å². The van der Waals surface area contributed by atoms with Gasteiger partial charge < -0.3 is 66.8 Å². The summed E-state index contributed by atoms with van der Waals surface area (Å²) in [5, 5.41) is 37.5. The van der Waals surface area contributed by atoms with Crippen LogP contribution in [0.1, 0.15) is 149 Å². The van der Waals surface area contributed by atoms with Gasteiger partial charge in [-0.1, -0.05) is 92.8 Å². The van der Waals surface area contributed by atoms with Gasteiger partial charge in [0.1, 0.15) is 64.3 Å². The van der Waals surface area contributed by atoms with Crippen LogP contribution in [0.5, 0.6) is 23.0 Å². The molecular weight excluding hydrogens is 1850 g/mol. The van der Waals surface area contributed by atoms with Crippen molar-refractivity contribution in [1.82, 2.24) is 73.8 Å².